The molecule has 1 aromatic carbocycles. The Hall–Kier alpha value is -2.89. The summed E-state index contributed by atoms with van der Waals surface area (Å²) in [5, 5.41) is 11.7. The van der Waals surface area contributed by atoms with Gasteiger partial charge >= 0.3 is 5.97 Å². The summed E-state index contributed by atoms with van der Waals surface area (Å²) in [7, 11) is 1.44. The number of methoxy groups -OCH3 is 1. The van der Waals surface area contributed by atoms with Gasteiger partial charge in [0.1, 0.15) is 11.4 Å². The van der Waals surface area contributed by atoms with Gasteiger partial charge in [-0.15, -0.1) is 0 Å². The van der Waals surface area contributed by atoms with Crippen molar-refractivity contribution in [2.45, 2.75) is 6.92 Å². The van der Waals surface area contributed by atoms with Crippen LogP contribution in [0.4, 0.5) is 5.69 Å². The molecule has 1 amide bonds. The lowest BCUT2D eigenvalue weighted by Crippen LogP contribution is -2.16. The summed E-state index contributed by atoms with van der Waals surface area (Å²) in [6, 6.07) is 9.45. The zero-order chi connectivity index (χ0) is 15.4. The number of hydrogen-bond acceptors (Lipinski definition) is 4. The first-order chi connectivity index (χ1) is 10.0. The normalized spacial score (nSPS) is 10.0. The van der Waals surface area contributed by atoms with Crippen LogP contribution in [0.15, 0.2) is 36.4 Å². The Kier molecular flexibility index (Phi) is 4.18. The first-order valence-corrected chi connectivity index (χ1v) is 6.17. The quantitative estimate of drug-likeness (QED) is 0.900. The van der Waals surface area contributed by atoms with Crippen LogP contribution in [0.5, 0.6) is 5.75 Å². The fourth-order valence-electron chi connectivity index (χ4n) is 1.79. The minimum Gasteiger partial charge on any atom is -0.497 e. The fraction of sp³-hybridized carbons (Fsp3) is 0.133. The number of carboxylic acid groups (broad SMARTS) is 1. The largest absolute Gasteiger partial charge is 0.497 e. The highest BCUT2D eigenvalue weighted by Gasteiger charge is 2.15. The molecule has 0 bridgehead atoms. The van der Waals surface area contributed by atoms with E-state index in [4.69, 9.17) is 4.74 Å². The maximum atomic E-state index is 12.1. The summed E-state index contributed by atoms with van der Waals surface area (Å²) < 4.78 is 4.98. The molecule has 0 unspecified atom stereocenters. The second-order valence-electron chi connectivity index (χ2n) is 4.33. The lowest BCUT2D eigenvalue weighted by atomic mass is 10.1. The lowest BCUT2D eigenvalue weighted by molar-refractivity contribution is 0.0697. The van der Waals surface area contributed by atoms with Gasteiger partial charge in [-0.2, -0.15) is 0 Å². The second kappa shape index (κ2) is 6.04. The Bertz CT molecular complexity index is 698. The number of pyridine rings is 1. The number of anilines is 1. The molecule has 6 heteroatoms. The number of carbonyl (C=O) groups is 2. The molecule has 108 valence electrons. The van der Waals surface area contributed by atoms with Crippen LogP contribution in [-0.4, -0.2) is 29.1 Å². The van der Waals surface area contributed by atoms with Crippen molar-refractivity contribution >= 4 is 17.6 Å². The minimum atomic E-state index is -1.15. The van der Waals surface area contributed by atoms with Gasteiger partial charge in [-0.25, -0.2) is 9.78 Å². The van der Waals surface area contributed by atoms with E-state index in [-0.39, 0.29) is 16.9 Å². The van der Waals surface area contributed by atoms with Crippen molar-refractivity contribution in [3.05, 3.63) is 53.3 Å². The van der Waals surface area contributed by atoms with E-state index >= 15 is 0 Å². The molecule has 0 aliphatic carbocycles. The molecule has 0 saturated carbocycles. The molecule has 0 aliphatic heterocycles. The number of hydrogen-bond donors (Lipinski definition) is 2. The van der Waals surface area contributed by atoms with Gasteiger partial charge in [-0.05, 0) is 37.3 Å². The molecule has 2 N–H and O–H groups in total. The van der Waals surface area contributed by atoms with E-state index in [1.807, 2.05) is 0 Å². The summed E-state index contributed by atoms with van der Waals surface area (Å²) in [6.07, 6.45) is 0. The molecule has 0 aliphatic rings. The van der Waals surface area contributed by atoms with Crippen LogP contribution >= 0.6 is 0 Å². The number of ether oxygens (including phenoxy) is 1. The van der Waals surface area contributed by atoms with Gasteiger partial charge < -0.3 is 15.2 Å². The fourth-order valence-corrected chi connectivity index (χ4v) is 1.79. The van der Waals surface area contributed by atoms with Gasteiger partial charge in [0.15, 0.2) is 0 Å². The average Bonchev–Trinajstić information content (AvgIpc) is 2.47. The zero-order valence-corrected chi connectivity index (χ0v) is 11.6. The molecule has 0 radical (unpaired) electrons. The second-order valence-corrected chi connectivity index (χ2v) is 4.33. The number of nitrogens with zero attached hydrogens (tertiary/aromatic N) is 1. The third kappa shape index (κ3) is 3.36. The van der Waals surface area contributed by atoms with E-state index in [9.17, 15) is 14.7 Å². The molecule has 6 nitrogen and oxygen atoms in total. The SMILES string of the molecule is COc1ccc(NC(=O)c2cccc(C)n2)c(C(=O)O)c1. The Labute approximate surface area is 121 Å². The lowest BCUT2D eigenvalue weighted by Gasteiger charge is -2.10. The van der Waals surface area contributed by atoms with E-state index in [1.165, 1.54) is 19.2 Å². The van der Waals surface area contributed by atoms with Gasteiger partial charge in [0.05, 0.1) is 18.4 Å². The highest BCUT2D eigenvalue weighted by Crippen LogP contribution is 2.22. The number of nitrogens with one attached hydrogen (secondary N) is 1. The third-order valence-electron chi connectivity index (χ3n) is 2.83. The van der Waals surface area contributed by atoms with Crippen LogP contribution in [0.3, 0.4) is 0 Å². The Morgan fingerprint density at radius 1 is 1.24 bits per heavy atom. The Morgan fingerprint density at radius 2 is 2.00 bits per heavy atom. The molecule has 1 aromatic heterocycles. The van der Waals surface area contributed by atoms with Crippen LogP contribution in [0.1, 0.15) is 26.5 Å². The molecule has 0 atom stereocenters. The number of aryl methyl sites for hydroxylation is 1. The van der Waals surface area contributed by atoms with Crippen LogP contribution < -0.4 is 10.1 Å². The number of amides is 1. The van der Waals surface area contributed by atoms with Crippen LogP contribution in [-0.2, 0) is 0 Å². The minimum absolute atomic E-state index is 0.0460. The molecule has 1 heterocycles. The standard InChI is InChI=1S/C15H14N2O4/c1-9-4-3-5-13(16-9)14(18)17-12-7-6-10(21-2)8-11(12)15(19)20/h3-8H,1-2H3,(H,17,18)(H,19,20). The van der Waals surface area contributed by atoms with Crippen LogP contribution in [0.2, 0.25) is 0 Å². The first-order valence-electron chi connectivity index (χ1n) is 6.17. The van der Waals surface area contributed by atoms with Gasteiger partial charge in [0, 0.05) is 5.69 Å². The topological polar surface area (TPSA) is 88.5 Å². The predicted octanol–water partition coefficient (Wildman–Crippen LogP) is 2.35. The predicted molar refractivity (Wildman–Crippen MR) is 76.9 cm³/mol. The highest BCUT2D eigenvalue weighted by atomic mass is 16.5. The third-order valence-corrected chi connectivity index (χ3v) is 2.83. The molecule has 0 spiro atoms. The molecular weight excluding hydrogens is 272 g/mol. The zero-order valence-electron chi connectivity index (χ0n) is 11.6. The van der Waals surface area contributed by atoms with E-state index in [1.54, 1.807) is 31.2 Å². The van der Waals surface area contributed by atoms with E-state index in [0.717, 1.165) is 0 Å². The van der Waals surface area contributed by atoms with Crippen LogP contribution in [0, 0.1) is 6.92 Å². The maximum absolute atomic E-state index is 12.1. The van der Waals surface area contributed by atoms with Crippen molar-refractivity contribution in [3.8, 4) is 5.75 Å². The van der Waals surface area contributed by atoms with Gasteiger partial charge in [0.25, 0.3) is 5.91 Å². The van der Waals surface area contributed by atoms with E-state index < -0.39 is 11.9 Å². The molecule has 0 fully saturated rings. The summed E-state index contributed by atoms with van der Waals surface area (Å²) in [6.45, 7) is 1.77. The van der Waals surface area contributed by atoms with Gasteiger partial charge in [-0.1, -0.05) is 6.07 Å². The molecule has 2 rings (SSSR count). The summed E-state index contributed by atoms with van der Waals surface area (Å²) >= 11 is 0. The van der Waals surface area contributed by atoms with Crippen molar-refractivity contribution in [3.63, 3.8) is 0 Å². The van der Waals surface area contributed by atoms with Gasteiger partial charge in [0.2, 0.25) is 0 Å². The number of carboxylic acids is 1. The number of carbonyl (C=O) groups excluding carboxylic acids is 1. The first kappa shape index (κ1) is 14.5. The maximum Gasteiger partial charge on any atom is 0.337 e. The molecule has 21 heavy (non-hydrogen) atoms. The van der Waals surface area contributed by atoms with Crippen molar-refractivity contribution in [2.75, 3.05) is 12.4 Å². The van der Waals surface area contributed by atoms with Crippen LogP contribution in [0.25, 0.3) is 0 Å². The van der Waals surface area contributed by atoms with Crippen molar-refractivity contribution < 1.29 is 19.4 Å². The number of rotatable bonds is 4. The smallest absolute Gasteiger partial charge is 0.337 e. The van der Waals surface area contributed by atoms with Crippen molar-refractivity contribution in [1.29, 1.82) is 0 Å². The summed E-state index contributed by atoms with van der Waals surface area (Å²) in [4.78, 5) is 27.4. The van der Waals surface area contributed by atoms with Gasteiger partial charge in [-0.3, -0.25) is 4.79 Å². The molecule has 0 saturated heterocycles. The Balaban J connectivity index is 2.31. The Morgan fingerprint density at radius 3 is 2.62 bits per heavy atom. The van der Waals surface area contributed by atoms with E-state index in [0.29, 0.717) is 11.4 Å². The highest BCUT2D eigenvalue weighted by molar-refractivity contribution is 6.06. The number of aromatic nitrogens is 1. The van der Waals surface area contributed by atoms with E-state index in [2.05, 4.69) is 10.3 Å². The molecule has 2 aromatic rings. The molecular formula is C15H14N2O4. The average molecular weight is 286 g/mol. The number of benzene rings is 1. The van der Waals surface area contributed by atoms with Crippen molar-refractivity contribution in [2.24, 2.45) is 0 Å². The number of aromatic carboxylic acids is 1. The van der Waals surface area contributed by atoms with Crippen molar-refractivity contribution in [1.82, 2.24) is 4.98 Å². The summed E-state index contributed by atoms with van der Waals surface area (Å²) in [5.74, 6) is -1.22. The monoisotopic (exact) mass is 286 g/mol. The summed E-state index contributed by atoms with van der Waals surface area (Å²) in [5.41, 5.74) is 1.07.